The van der Waals surface area contributed by atoms with E-state index in [1.54, 1.807) is 38.5 Å². The molecule has 4 rings (SSSR count). The van der Waals surface area contributed by atoms with Crippen molar-refractivity contribution in [3.63, 3.8) is 0 Å². The van der Waals surface area contributed by atoms with Gasteiger partial charge in [-0.3, -0.25) is 0 Å². The van der Waals surface area contributed by atoms with Gasteiger partial charge in [-0.1, -0.05) is 71.6 Å². The molecule has 2 unspecified atom stereocenters. The summed E-state index contributed by atoms with van der Waals surface area (Å²) in [5, 5.41) is 0. The van der Waals surface area contributed by atoms with Crippen LogP contribution in [0.4, 0.5) is 0 Å². The first-order valence-corrected chi connectivity index (χ1v) is 10.2. The summed E-state index contributed by atoms with van der Waals surface area (Å²) in [6.07, 6.45) is 22.9. The summed E-state index contributed by atoms with van der Waals surface area (Å²) in [6, 6.07) is 0. The molecule has 0 heterocycles. The highest BCUT2D eigenvalue weighted by molar-refractivity contribution is 4.93. The SMILES string of the molecule is CC1CCCC12CCCC2.CC1CCCCC12CCCC2. The molecule has 4 fully saturated rings. The molecular formula is C21H38. The Hall–Kier alpha value is 0. The summed E-state index contributed by atoms with van der Waals surface area (Å²) >= 11 is 0. The standard InChI is InChI=1S/C11H20.C10H18/c1-10-6-2-3-7-11(10)8-4-5-9-11;1-9-5-4-8-10(9)6-2-3-7-10/h10H,2-9H2,1H3;9H,2-8H2,1H3. The first-order valence-electron chi connectivity index (χ1n) is 10.2. The fourth-order valence-electron chi connectivity index (χ4n) is 6.44. The Bertz CT molecular complexity index is 311. The maximum atomic E-state index is 2.49. The molecule has 0 aromatic heterocycles. The average molecular weight is 291 g/mol. The number of hydrogen-bond donors (Lipinski definition) is 0. The van der Waals surface area contributed by atoms with Gasteiger partial charge in [0.2, 0.25) is 0 Å². The molecule has 0 aromatic rings. The van der Waals surface area contributed by atoms with Crippen molar-refractivity contribution in [2.75, 3.05) is 0 Å². The third kappa shape index (κ3) is 3.20. The van der Waals surface area contributed by atoms with Crippen LogP contribution in [0, 0.1) is 22.7 Å². The Morgan fingerprint density at radius 3 is 1.19 bits per heavy atom. The Morgan fingerprint density at radius 2 is 0.810 bits per heavy atom. The van der Waals surface area contributed by atoms with Gasteiger partial charge in [0, 0.05) is 0 Å². The van der Waals surface area contributed by atoms with E-state index < -0.39 is 0 Å². The van der Waals surface area contributed by atoms with Crippen LogP contribution in [0.25, 0.3) is 0 Å². The fourth-order valence-corrected chi connectivity index (χ4v) is 6.44. The molecule has 0 N–H and O–H groups in total. The van der Waals surface area contributed by atoms with Gasteiger partial charge >= 0.3 is 0 Å². The van der Waals surface area contributed by atoms with Gasteiger partial charge in [-0.15, -0.1) is 0 Å². The molecule has 0 bridgehead atoms. The van der Waals surface area contributed by atoms with E-state index in [1.165, 1.54) is 57.8 Å². The minimum atomic E-state index is 0.832. The molecule has 4 aliphatic carbocycles. The number of rotatable bonds is 0. The van der Waals surface area contributed by atoms with Gasteiger partial charge in [-0.2, -0.15) is 0 Å². The lowest BCUT2D eigenvalue weighted by molar-refractivity contribution is 0.115. The van der Waals surface area contributed by atoms with Crippen LogP contribution in [-0.2, 0) is 0 Å². The van der Waals surface area contributed by atoms with Crippen molar-refractivity contribution in [3.05, 3.63) is 0 Å². The molecule has 0 aromatic carbocycles. The van der Waals surface area contributed by atoms with Crippen LogP contribution in [0.15, 0.2) is 0 Å². The molecule has 21 heavy (non-hydrogen) atoms. The topological polar surface area (TPSA) is 0 Å². The molecule has 2 atom stereocenters. The average Bonchev–Trinajstić information content (AvgIpc) is 3.21. The molecule has 0 amide bonds. The summed E-state index contributed by atoms with van der Waals surface area (Å²) in [5.74, 6) is 2.09. The molecule has 0 heteroatoms. The van der Waals surface area contributed by atoms with Crippen LogP contribution < -0.4 is 0 Å². The van der Waals surface area contributed by atoms with Crippen molar-refractivity contribution in [1.29, 1.82) is 0 Å². The van der Waals surface area contributed by atoms with Crippen LogP contribution in [0.2, 0.25) is 0 Å². The van der Waals surface area contributed by atoms with Gasteiger partial charge in [0.1, 0.15) is 0 Å². The monoisotopic (exact) mass is 290 g/mol. The minimum absolute atomic E-state index is 0.832. The molecule has 4 saturated carbocycles. The quantitative estimate of drug-likeness (QED) is 0.445. The fraction of sp³-hybridized carbons (Fsp3) is 1.00. The lowest BCUT2D eigenvalue weighted by Crippen LogP contribution is -2.28. The van der Waals surface area contributed by atoms with E-state index in [2.05, 4.69) is 13.8 Å². The third-order valence-electron chi connectivity index (χ3n) is 8.16. The number of hydrogen-bond acceptors (Lipinski definition) is 0. The molecule has 122 valence electrons. The zero-order valence-corrected chi connectivity index (χ0v) is 14.8. The second-order valence-corrected chi connectivity index (χ2v) is 9.08. The summed E-state index contributed by atoms with van der Waals surface area (Å²) in [6.45, 7) is 4.96. The Kier molecular flexibility index (Phi) is 5.01. The summed E-state index contributed by atoms with van der Waals surface area (Å²) in [5.41, 5.74) is 1.68. The van der Waals surface area contributed by atoms with E-state index >= 15 is 0 Å². The summed E-state index contributed by atoms with van der Waals surface area (Å²) < 4.78 is 0. The first kappa shape index (κ1) is 15.9. The maximum Gasteiger partial charge on any atom is -0.0272 e. The summed E-state index contributed by atoms with van der Waals surface area (Å²) in [7, 11) is 0. The van der Waals surface area contributed by atoms with Gasteiger partial charge < -0.3 is 0 Å². The lowest BCUT2D eigenvalue weighted by atomic mass is 9.66. The second-order valence-electron chi connectivity index (χ2n) is 9.08. The van der Waals surface area contributed by atoms with Gasteiger partial charge in [0.25, 0.3) is 0 Å². The highest BCUT2D eigenvalue weighted by atomic mass is 14.5. The second kappa shape index (κ2) is 6.63. The van der Waals surface area contributed by atoms with E-state index in [-0.39, 0.29) is 0 Å². The first-order chi connectivity index (χ1) is 10.2. The Morgan fingerprint density at radius 1 is 0.476 bits per heavy atom. The molecule has 0 aliphatic heterocycles. The highest BCUT2D eigenvalue weighted by Crippen LogP contribution is 2.54. The zero-order chi connectivity index (χ0) is 14.8. The van der Waals surface area contributed by atoms with Crippen LogP contribution in [0.1, 0.15) is 110 Å². The van der Waals surface area contributed by atoms with E-state index in [1.807, 2.05) is 0 Å². The van der Waals surface area contributed by atoms with E-state index in [9.17, 15) is 0 Å². The van der Waals surface area contributed by atoms with Crippen molar-refractivity contribution < 1.29 is 0 Å². The van der Waals surface area contributed by atoms with E-state index in [4.69, 9.17) is 0 Å². The minimum Gasteiger partial charge on any atom is -0.0620 e. The van der Waals surface area contributed by atoms with Crippen LogP contribution in [0.3, 0.4) is 0 Å². The van der Waals surface area contributed by atoms with E-state index in [0.29, 0.717) is 0 Å². The van der Waals surface area contributed by atoms with Gasteiger partial charge in [-0.05, 0) is 61.2 Å². The predicted molar refractivity (Wildman–Crippen MR) is 92.4 cm³/mol. The van der Waals surface area contributed by atoms with Crippen molar-refractivity contribution in [3.8, 4) is 0 Å². The van der Waals surface area contributed by atoms with Crippen LogP contribution >= 0.6 is 0 Å². The van der Waals surface area contributed by atoms with Crippen LogP contribution in [0.5, 0.6) is 0 Å². The molecule has 4 aliphatic rings. The molecule has 0 nitrogen and oxygen atoms in total. The van der Waals surface area contributed by atoms with Crippen LogP contribution in [-0.4, -0.2) is 0 Å². The lowest BCUT2D eigenvalue weighted by Gasteiger charge is -2.39. The molecular weight excluding hydrogens is 252 g/mol. The molecule has 0 radical (unpaired) electrons. The third-order valence-corrected chi connectivity index (χ3v) is 8.16. The summed E-state index contributed by atoms with van der Waals surface area (Å²) in [4.78, 5) is 0. The van der Waals surface area contributed by atoms with E-state index in [0.717, 1.165) is 22.7 Å². The van der Waals surface area contributed by atoms with Crippen molar-refractivity contribution >= 4 is 0 Å². The molecule has 2 spiro atoms. The Balaban J connectivity index is 0.000000126. The van der Waals surface area contributed by atoms with Crippen molar-refractivity contribution in [2.24, 2.45) is 22.7 Å². The van der Waals surface area contributed by atoms with Gasteiger partial charge in [0.05, 0.1) is 0 Å². The highest BCUT2D eigenvalue weighted by Gasteiger charge is 2.41. The zero-order valence-electron chi connectivity index (χ0n) is 14.8. The maximum absolute atomic E-state index is 2.49. The Labute approximate surface area is 133 Å². The van der Waals surface area contributed by atoms with Crippen molar-refractivity contribution in [1.82, 2.24) is 0 Å². The van der Waals surface area contributed by atoms with Crippen molar-refractivity contribution in [2.45, 2.75) is 110 Å². The van der Waals surface area contributed by atoms with Gasteiger partial charge in [0.15, 0.2) is 0 Å². The molecule has 0 saturated heterocycles. The smallest absolute Gasteiger partial charge is 0.0272 e. The normalized spacial score (nSPS) is 36.9. The largest absolute Gasteiger partial charge is 0.0620 e. The van der Waals surface area contributed by atoms with Gasteiger partial charge in [-0.25, -0.2) is 0 Å². The predicted octanol–water partition coefficient (Wildman–Crippen LogP) is 7.12.